The van der Waals surface area contributed by atoms with Crippen LogP contribution in [0.4, 0.5) is 0 Å². The molecular formula is C25H26N4O2S. The predicted molar refractivity (Wildman–Crippen MR) is 125 cm³/mol. The molecule has 32 heavy (non-hydrogen) atoms. The van der Waals surface area contributed by atoms with Crippen LogP contribution in [0.5, 0.6) is 5.75 Å². The highest BCUT2D eigenvalue weighted by molar-refractivity contribution is 7.97. The molecule has 2 heterocycles. The van der Waals surface area contributed by atoms with Gasteiger partial charge in [-0.1, -0.05) is 24.3 Å². The molecule has 1 N–H and O–H groups in total. The summed E-state index contributed by atoms with van der Waals surface area (Å²) in [6.07, 6.45) is 0.951. The third-order valence-corrected chi connectivity index (χ3v) is 7.07. The molecular weight excluding hydrogens is 420 g/mol. The van der Waals surface area contributed by atoms with Crippen molar-refractivity contribution in [1.82, 2.24) is 14.2 Å². The molecule has 0 atom stereocenters. The number of amides is 1. The number of benzene rings is 2. The number of methoxy groups -OCH3 is 1. The number of nitrogens with one attached hydrogen (secondary N) is 1. The lowest BCUT2D eigenvalue weighted by atomic mass is 9.99. The van der Waals surface area contributed by atoms with Gasteiger partial charge in [0.1, 0.15) is 11.4 Å². The largest absolute Gasteiger partial charge is 0.496 e. The number of hydrogen-bond acceptors (Lipinski definition) is 5. The van der Waals surface area contributed by atoms with E-state index in [1.54, 1.807) is 19.1 Å². The van der Waals surface area contributed by atoms with E-state index in [2.05, 4.69) is 21.8 Å². The first-order valence-electron chi connectivity index (χ1n) is 10.5. The SMILES string of the molecule is COc1ccccc1CNC(=O)c1cc(SN2CCc3ccc(C#N)cc3C2)c(C)n1C. The van der Waals surface area contributed by atoms with Gasteiger partial charge in [0.15, 0.2) is 0 Å². The van der Waals surface area contributed by atoms with Crippen LogP contribution in [-0.2, 0) is 26.6 Å². The van der Waals surface area contributed by atoms with Gasteiger partial charge in [0.25, 0.3) is 5.91 Å². The molecule has 0 spiro atoms. The molecule has 0 saturated carbocycles. The van der Waals surface area contributed by atoms with E-state index >= 15 is 0 Å². The van der Waals surface area contributed by atoms with Crippen LogP contribution < -0.4 is 10.1 Å². The Morgan fingerprint density at radius 1 is 1.22 bits per heavy atom. The molecule has 1 aliphatic heterocycles. The third kappa shape index (κ3) is 4.52. The molecule has 6 nitrogen and oxygen atoms in total. The number of nitrogens with zero attached hydrogens (tertiary/aromatic N) is 3. The van der Waals surface area contributed by atoms with E-state index in [0.717, 1.165) is 41.4 Å². The van der Waals surface area contributed by atoms with Gasteiger partial charge in [-0.05, 0) is 60.7 Å². The van der Waals surface area contributed by atoms with E-state index in [1.807, 2.05) is 61.0 Å². The summed E-state index contributed by atoms with van der Waals surface area (Å²) >= 11 is 1.67. The molecule has 0 radical (unpaired) electrons. The predicted octanol–water partition coefficient (Wildman–Crippen LogP) is 4.21. The minimum atomic E-state index is -0.115. The first kappa shape index (κ1) is 22.0. The zero-order chi connectivity index (χ0) is 22.7. The molecule has 0 saturated heterocycles. The Bertz CT molecular complexity index is 1200. The Hall–Kier alpha value is -3.21. The van der Waals surface area contributed by atoms with E-state index in [9.17, 15) is 10.1 Å². The van der Waals surface area contributed by atoms with E-state index < -0.39 is 0 Å². The number of hydrogen-bond donors (Lipinski definition) is 1. The van der Waals surface area contributed by atoms with Crippen molar-refractivity contribution in [2.45, 2.75) is 31.3 Å². The number of carbonyl (C=O) groups excluding carboxylic acids is 1. The Kier molecular flexibility index (Phi) is 6.54. The Labute approximate surface area is 192 Å². The number of carbonyl (C=O) groups is 1. The second kappa shape index (κ2) is 9.51. The van der Waals surface area contributed by atoms with Gasteiger partial charge in [0.05, 0.1) is 18.7 Å². The highest BCUT2D eigenvalue weighted by Gasteiger charge is 2.22. The van der Waals surface area contributed by atoms with E-state index in [1.165, 1.54) is 11.1 Å². The van der Waals surface area contributed by atoms with Crippen molar-refractivity contribution < 1.29 is 9.53 Å². The topological polar surface area (TPSA) is 70.3 Å². The summed E-state index contributed by atoms with van der Waals surface area (Å²) in [5, 5.41) is 12.2. The van der Waals surface area contributed by atoms with Gasteiger partial charge in [-0.2, -0.15) is 5.26 Å². The average molecular weight is 447 g/mol. The smallest absolute Gasteiger partial charge is 0.268 e. The van der Waals surface area contributed by atoms with Crippen molar-refractivity contribution in [3.63, 3.8) is 0 Å². The number of para-hydroxylation sites is 1. The summed E-state index contributed by atoms with van der Waals surface area (Å²) < 4.78 is 9.60. The Morgan fingerprint density at radius 2 is 2.03 bits per heavy atom. The highest BCUT2D eigenvalue weighted by atomic mass is 32.2. The quantitative estimate of drug-likeness (QED) is 0.575. The summed E-state index contributed by atoms with van der Waals surface area (Å²) in [5.74, 6) is 0.646. The maximum absolute atomic E-state index is 12.9. The van der Waals surface area contributed by atoms with Gasteiger partial charge in [0.2, 0.25) is 0 Å². The molecule has 1 aromatic heterocycles. The van der Waals surface area contributed by atoms with Crippen LogP contribution in [0.1, 0.15) is 38.4 Å². The monoisotopic (exact) mass is 446 g/mol. The van der Waals surface area contributed by atoms with Gasteiger partial charge >= 0.3 is 0 Å². The normalized spacial score (nSPS) is 13.3. The van der Waals surface area contributed by atoms with Crippen molar-refractivity contribution in [1.29, 1.82) is 5.26 Å². The van der Waals surface area contributed by atoms with Gasteiger partial charge in [-0.15, -0.1) is 0 Å². The fourth-order valence-corrected chi connectivity index (χ4v) is 5.01. The van der Waals surface area contributed by atoms with E-state index in [4.69, 9.17) is 4.74 Å². The van der Waals surface area contributed by atoms with Crippen LogP contribution >= 0.6 is 11.9 Å². The highest BCUT2D eigenvalue weighted by Crippen LogP contribution is 2.33. The number of rotatable bonds is 6. The number of fused-ring (bicyclic) bond motifs is 1. The van der Waals surface area contributed by atoms with Crippen molar-refractivity contribution in [3.8, 4) is 11.8 Å². The number of ether oxygens (including phenoxy) is 1. The maximum Gasteiger partial charge on any atom is 0.268 e. The molecule has 0 fully saturated rings. The van der Waals surface area contributed by atoms with Gasteiger partial charge in [-0.25, -0.2) is 4.31 Å². The van der Waals surface area contributed by atoms with E-state index in [0.29, 0.717) is 17.8 Å². The first-order valence-corrected chi connectivity index (χ1v) is 11.3. The summed E-state index contributed by atoms with van der Waals surface area (Å²) in [7, 11) is 3.55. The summed E-state index contributed by atoms with van der Waals surface area (Å²) in [5.41, 5.74) is 5.82. The van der Waals surface area contributed by atoms with Gasteiger partial charge in [0, 0.05) is 42.8 Å². The maximum atomic E-state index is 12.9. The van der Waals surface area contributed by atoms with Gasteiger partial charge in [-0.3, -0.25) is 4.79 Å². The second-order valence-corrected chi connectivity index (χ2v) is 8.97. The molecule has 0 aliphatic carbocycles. The Morgan fingerprint density at radius 3 is 2.81 bits per heavy atom. The molecule has 4 rings (SSSR count). The number of nitriles is 1. The molecule has 1 aliphatic rings. The minimum Gasteiger partial charge on any atom is -0.496 e. The Balaban J connectivity index is 1.45. The zero-order valence-corrected chi connectivity index (χ0v) is 19.3. The van der Waals surface area contributed by atoms with Crippen LogP contribution in [0.15, 0.2) is 53.4 Å². The van der Waals surface area contributed by atoms with Crippen molar-refractivity contribution >= 4 is 17.9 Å². The standard InChI is InChI=1S/C25H26N4O2S/c1-17-24(32-29-11-10-19-9-8-18(14-26)12-21(19)16-29)13-22(28(17)2)25(30)27-15-20-6-4-5-7-23(20)31-3/h4-9,12-13H,10-11,15-16H2,1-3H3,(H,27,30). The van der Waals surface area contributed by atoms with Gasteiger partial charge < -0.3 is 14.6 Å². The lowest BCUT2D eigenvalue weighted by molar-refractivity contribution is 0.0942. The molecule has 3 aromatic rings. The molecule has 7 heteroatoms. The van der Waals surface area contributed by atoms with Crippen molar-refractivity contribution in [2.75, 3.05) is 13.7 Å². The van der Waals surface area contributed by atoms with Crippen LogP contribution in [0.25, 0.3) is 0 Å². The average Bonchev–Trinajstić information content (AvgIpc) is 3.10. The van der Waals surface area contributed by atoms with E-state index in [-0.39, 0.29) is 5.91 Å². The fraction of sp³-hybridized carbons (Fsp3) is 0.280. The van der Waals surface area contributed by atoms with Crippen LogP contribution in [-0.4, -0.2) is 28.4 Å². The van der Waals surface area contributed by atoms with Crippen LogP contribution in [0.2, 0.25) is 0 Å². The second-order valence-electron chi connectivity index (χ2n) is 7.83. The lowest BCUT2D eigenvalue weighted by Gasteiger charge is -2.27. The molecule has 1 amide bonds. The molecule has 0 bridgehead atoms. The summed E-state index contributed by atoms with van der Waals surface area (Å²) in [4.78, 5) is 14.0. The molecule has 0 unspecified atom stereocenters. The summed E-state index contributed by atoms with van der Waals surface area (Å²) in [6.45, 7) is 4.14. The van der Waals surface area contributed by atoms with Crippen molar-refractivity contribution in [2.24, 2.45) is 7.05 Å². The van der Waals surface area contributed by atoms with Crippen LogP contribution in [0.3, 0.4) is 0 Å². The zero-order valence-electron chi connectivity index (χ0n) is 18.5. The number of aromatic nitrogens is 1. The fourth-order valence-electron chi connectivity index (χ4n) is 3.91. The lowest BCUT2D eigenvalue weighted by Crippen LogP contribution is -2.25. The molecule has 164 valence electrons. The molecule has 2 aromatic carbocycles. The third-order valence-electron chi connectivity index (χ3n) is 5.89. The van der Waals surface area contributed by atoms with Crippen molar-refractivity contribution in [3.05, 3.63) is 82.2 Å². The van der Waals surface area contributed by atoms with Crippen LogP contribution in [0, 0.1) is 18.3 Å². The summed E-state index contributed by atoms with van der Waals surface area (Å²) in [6, 6.07) is 17.8. The first-order chi connectivity index (χ1) is 15.5. The minimum absolute atomic E-state index is 0.115.